The van der Waals surface area contributed by atoms with Crippen molar-refractivity contribution in [2.24, 2.45) is 11.8 Å². The monoisotopic (exact) mass is 311 g/mol. The lowest BCUT2D eigenvalue weighted by atomic mass is 9.92. The Labute approximate surface area is 135 Å². The van der Waals surface area contributed by atoms with Crippen molar-refractivity contribution in [3.05, 3.63) is 42.5 Å². The average molecular weight is 311 g/mol. The van der Waals surface area contributed by atoms with Gasteiger partial charge in [0.05, 0.1) is 0 Å². The van der Waals surface area contributed by atoms with Gasteiger partial charge in [-0.15, -0.1) is 10.2 Å². The number of hydrogen-bond donors (Lipinski definition) is 1. The van der Waals surface area contributed by atoms with Crippen LogP contribution in [0.4, 0.5) is 0 Å². The molecular weight excluding hydrogens is 290 g/mol. The molecule has 1 N–H and O–H groups in total. The summed E-state index contributed by atoms with van der Waals surface area (Å²) >= 11 is 0. The number of carbonyl (C=O) groups is 1. The summed E-state index contributed by atoms with van der Waals surface area (Å²) in [5, 5.41) is 11.1. The fraction of sp³-hybridized carbons (Fsp3) is 0.471. The predicted molar refractivity (Wildman–Crippen MR) is 86.3 cm³/mol. The number of likely N-dealkylation sites (tertiary alicyclic amines) is 1. The van der Waals surface area contributed by atoms with Gasteiger partial charge < -0.3 is 10.2 Å². The molecule has 3 heterocycles. The molecule has 0 radical (unpaired) electrons. The van der Waals surface area contributed by atoms with Crippen molar-refractivity contribution >= 4 is 5.91 Å². The number of aromatic nitrogens is 3. The van der Waals surface area contributed by atoms with Crippen molar-refractivity contribution in [1.29, 1.82) is 0 Å². The van der Waals surface area contributed by atoms with Crippen LogP contribution in [0.5, 0.6) is 0 Å². The Morgan fingerprint density at radius 2 is 1.61 bits per heavy atom. The first-order valence-corrected chi connectivity index (χ1v) is 8.26. The van der Waals surface area contributed by atoms with E-state index in [2.05, 4.69) is 15.5 Å². The van der Waals surface area contributed by atoms with E-state index in [0.29, 0.717) is 0 Å². The van der Waals surface area contributed by atoms with Crippen LogP contribution in [0.25, 0.3) is 5.69 Å². The zero-order chi connectivity index (χ0) is 15.6. The number of rotatable bonds is 2. The van der Waals surface area contributed by atoms with Gasteiger partial charge in [0, 0.05) is 24.3 Å². The van der Waals surface area contributed by atoms with E-state index in [1.54, 1.807) is 12.7 Å². The minimum Gasteiger partial charge on any atom is -0.339 e. The van der Waals surface area contributed by atoms with Crippen LogP contribution < -0.4 is 5.32 Å². The normalized spacial score (nSPS) is 24.3. The van der Waals surface area contributed by atoms with E-state index in [9.17, 15) is 4.79 Å². The average Bonchev–Trinajstić information content (AvgIpc) is 3.24. The fourth-order valence-corrected chi connectivity index (χ4v) is 3.71. The number of nitrogens with zero attached hydrogens (tertiary/aromatic N) is 4. The van der Waals surface area contributed by atoms with E-state index in [-0.39, 0.29) is 5.91 Å². The highest BCUT2D eigenvalue weighted by Crippen LogP contribution is 2.27. The number of nitrogens with one attached hydrogen (secondary N) is 1. The molecule has 0 saturated carbocycles. The van der Waals surface area contributed by atoms with E-state index in [1.807, 2.05) is 33.7 Å². The molecule has 6 heteroatoms. The summed E-state index contributed by atoms with van der Waals surface area (Å²) < 4.78 is 1.83. The van der Waals surface area contributed by atoms with Crippen LogP contribution >= 0.6 is 0 Å². The maximum atomic E-state index is 12.7. The van der Waals surface area contributed by atoms with Crippen LogP contribution in [-0.2, 0) is 0 Å². The Kier molecular flexibility index (Phi) is 3.83. The van der Waals surface area contributed by atoms with E-state index < -0.39 is 0 Å². The van der Waals surface area contributed by atoms with Crippen molar-refractivity contribution in [3.63, 3.8) is 0 Å². The van der Waals surface area contributed by atoms with Gasteiger partial charge in [-0.1, -0.05) is 0 Å². The van der Waals surface area contributed by atoms with Crippen LogP contribution in [0.15, 0.2) is 36.9 Å². The summed E-state index contributed by atoms with van der Waals surface area (Å²) in [5.74, 6) is 1.63. The van der Waals surface area contributed by atoms with E-state index in [4.69, 9.17) is 0 Å². The third kappa shape index (κ3) is 2.86. The Balaban J connectivity index is 1.46. The molecule has 1 aromatic heterocycles. The molecule has 1 amide bonds. The highest BCUT2D eigenvalue weighted by atomic mass is 16.2. The molecule has 2 atom stereocenters. The molecule has 1 aromatic carbocycles. The van der Waals surface area contributed by atoms with Gasteiger partial charge in [-0.25, -0.2) is 0 Å². The first kappa shape index (κ1) is 14.4. The maximum absolute atomic E-state index is 12.7. The molecule has 2 aromatic rings. The smallest absolute Gasteiger partial charge is 0.253 e. The lowest BCUT2D eigenvalue weighted by Gasteiger charge is -2.21. The Bertz CT molecular complexity index is 653. The summed E-state index contributed by atoms with van der Waals surface area (Å²) in [5.41, 5.74) is 1.72. The number of hydrogen-bond acceptors (Lipinski definition) is 4. The minimum atomic E-state index is 0.147. The Morgan fingerprint density at radius 3 is 2.22 bits per heavy atom. The van der Waals surface area contributed by atoms with Gasteiger partial charge in [0.1, 0.15) is 12.7 Å². The third-order valence-electron chi connectivity index (χ3n) is 5.14. The standard InChI is InChI=1S/C17H21N5O/c23-17(21-7-5-14-9-18-10-15(14)6-8-21)13-1-3-16(4-2-13)22-11-19-20-12-22/h1-4,11-12,14-15,18H,5-10H2/t14-,15+. The van der Waals surface area contributed by atoms with Crippen molar-refractivity contribution in [3.8, 4) is 5.69 Å². The summed E-state index contributed by atoms with van der Waals surface area (Å²) in [6.07, 6.45) is 5.53. The minimum absolute atomic E-state index is 0.147. The quantitative estimate of drug-likeness (QED) is 0.909. The van der Waals surface area contributed by atoms with Gasteiger partial charge in [-0.2, -0.15) is 0 Å². The van der Waals surface area contributed by atoms with Gasteiger partial charge in [0.15, 0.2) is 0 Å². The molecule has 2 aliphatic heterocycles. The Morgan fingerprint density at radius 1 is 1.00 bits per heavy atom. The molecular formula is C17H21N5O. The zero-order valence-electron chi connectivity index (χ0n) is 13.1. The molecule has 2 saturated heterocycles. The number of fused-ring (bicyclic) bond motifs is 1. The molecule has 0 aliphatic carbocycles. The SMILES string of the molecule is O=C(c1ccc(-n2cnnc2)cc1)N1CC[C@@H]2CNC[C@@H]2CC1. The summed E-state index contributed by atoms with van der Waals surface area (Å²) in [4.78, 5) is 14.8. The fourth-order valence-electron chi connectivity index (χ4n) is 3.71. The van der Waals surface area contributed by atoms with E-state index in [0.717, 1.165) is 62.1 Å². The Hall–Kier alpha value is -2.21. The van der Waals surface area contributed by atoms with Crippen LogP contribution in [0.3, 0.4) is 0 Å². The van der Waals surface area contributed by atoms with Crippen LogP contribution in [0.2, 0.25) is 0 Å². The number of carbonyl (C=O) groups excluding carboxylic acids is 1. The van der Waals surface area contributed by atoms with Gasteiger partial charge >= 0.3 is 0 Å². The zero-order valence-corrected chi connectivity index (χ0v) is 13.1. The van der Waals surface area contributed by atoms with Crippen LogP contribution in [0, 0.1) is 11.8 Å². The predicted octanol–water partition coefficient (Wildman–Crippen LogP) is 1.34. The van der Waals surface area contributed by atoms with Gasteiger partial charge in [-0.05, 0) is 62.0 Å². The largest absolute Gasteiger partial charge is 0.339 e. The van der Waals surface area contributed by atoms with Crippen molar-refractivity contribution in [1.82, 2.24) is 25.0 Å². The lowest BCUT2D eigenvalue weighted by molar-refractivity contribution is 0.0758. The van der Waals surface area contributed by atoms with Gasteiger partial charge in [0.25, 0.3) is 5.91 Å². The molecule has 0 spiro atoms. The second-order valence-electron chi connectivity index (χ2n) is 6.46. The highest BCUT2D eigenvalue weighted by Gasteiger charge is 2.31. The molecule has 4 rings (SSSR count). The summed E-state index contributed by atoms with van der Waals surface area (Å²) in [6.45, 7) is 3.96. The summed E-state index contributed by atoms with van der Waals surface area (Å²) in [7, 11) is 0. The first-order chi connectivity index (χ1) is 11.3. The molecule has 23 heavy (non-hydrogen) atoms. The molecule has 2 aliphatic rings. The van der Waals surface area contributed by atoms with Crippen LogP contribution in [-0.4, -0.2) is 51.8 Å². The van der Waals surface area contributed by atoms with Gasteiger partial charge in [-0.3, -0.25) is 9.36 Å². The van der Waals surface area contributed by atoms with Crippen molar-refractivity contribution < 1.29 is 4.79 Å². The molecule has 0 bridgehead atoms. The van der Waals surface area contributed by atoms with Crippen molar-refractivity contribution in [2.75, 3.05) is 26.2 Å². The summed E-state index contributed by atoms with van der Waals surface area (Å²) in [6, 6.07) is 7.66. The van der Waals surface area contributed by atoms with Crippen LogP contribution in [0.1, 0.15) is 23.2 Å². The second-order valence-corrected chi connectivity index (χ2v) is 6.46. The maximum Gasteiger partial charge on any atom is 0.253 e. The van der Waals surface area contributed by atoms with E-state index >= 15 is 0 Å². The molecule has 2 fully saturated rings. The number of benzene rings is 1. The van der Waals surface area contributed by atoms with Crippen molar-refractivity contribution in [2.45, 2.75) is 12.8 Å². The van der Waals surface area contributed by atoms with E-state index in [1.165, 1.54) is 0 Å². The molecule has 120 valence electrons. The highest BCUT2D eigenvalue weighted by molar-refractivity contribution is 5.94. The molecule has 6 nitrogen and oxygen atoms in total. The molecule has 0 unspecified atom stereocenters. The topological polar surface area (TPSA) is 63.1 Å². The first-order valence-electron chi connectivity index (χ1n) is 8.26. The third-order valence-corrected chi connectivity index (χ3v) is 5.14. The van der Waals surface area contributed by atoms with Gasteiger partial charge in [0.2, 0.25) is 0 Å². The lowest BCUT2D eigenvalue weighted by Crippen LogP contribution is -2.32. The number of amides is 1. The second kappa shape index (κ2) is 6.12.